The monoisotopic (exact) mass is 171 g/mol. The third-order valence-corrected chi connectivity index (χ3v) is 2.12. The van der Waals surface area contributed by atoms with E-state index in [-0.39, 0.29) is 23.8 Å². The van der Waals surface area contributed by atoms with Crippen LogP contribution in [-0.2, 0) is 4.79 Å². The molecule has 0 aliphatic heterocycles. The molecule has 0 atom stereocenters. The fourth-order valence-electron chi connectivity index (χ4n) is 0.872. The van der Waals surface area contributed by atoms with Gasteiger partial charge in [-0.15, -0.1) is 0 Å². The second-order valence-corrected chi connectivity index (χ2v) is 4.31. The normalized spacial score (nSPS) is 17.6. The van der Waals surface area contributed by atoms with Crippen LogP contribution in [0.25, 0.3) is 0 Å². The number of carbonyl (C=O) groups excluding carboxylic acids is 1. The second kappa shape index (κ2) is 3.44. The fourth-order valence-corrected chi connectivity index (χ4v) is 0.872. The SMILES string of the molecule is CC(C)(CO)CNC(=O)C1CC1. The van der Waals surface area contributed by atoms with Crippen molar-refractivity contribution in [2.45, 2.75) is 26.7 Å². The lowest BCUT2D eigenvalue weighted by Gasteiger charge is -2.21. The highest BCUT2D eigenvalue weighted by atomic mass is 16.3. The van der Waals surface area contributed by atoms with Crippen LogP contribution in [0, 0.1) is 11.3 Å². The maximum atomic E-state index is 11.2. The van der Waals surface area contributed by atoms with Gasteiger partial charge in [-0.05, 0) is 12.8 Å². The van der Waals surface area contributed by atoms with Gasteiger partial charge in [-0.3, -0.25) is 4.79 Å². The summed E-state index contributed by atoms with van der Waals surface area (Å²) in [7, 11) is 0. The number of rotatable bonds is 4. The van der Waals surface area contributed by atoms with Gasteiger partial charge in [0, 0.05) is 24.5 Å². The predicted molar refractivity (Wildman–Crippen MR) is 46.6 cm³/mol. The molecule has 0 unspecified atom stereocenters. The topological polar surface area (TPSA) is 49.3 Å². The van der Waals surface area contributed by atoms with Gasteiger partial charge in [-0.1, -0.05) is 13.8 Å². The highest BCUT2D eigenvalue weighted by Gasteiger charge is 2.30. The van der Waals surface area contributed by atoms with Crippen molar-refractivity contribution in [3.05, 3.63) is 0 Å². The van der Waals surface area contributed by atoms with Crippen molar-refractivity contribution in [3.63, 3.8) is 0 Å². The molecule has 3 nitrogen and oxygen atoms in total. The quantitative estimate of drug-likeness (QED) is 0.648. The van der Waals surface area contributed by atoms with E-state index >= 15 is 0 Å². The molecular weight excluding hydrogens is 154 g/mol. The van der Waals surface area contributed by atoms with E-state index in [0.717, 1.165) is 12.8 Å². The van der Waals surface area contributed by atoms with Crippen LogP contribution in [0.4, 0.5) is 0 Å². The van der Waals surface area contributed by atoms with E-state index in [1.807, 2.05) is 13.8 Å². The van der Waals surface area contributed by atoms with E-state index in [0.29, 0.717) is 6.54 Å². The Labute approximate surface area is 73.2 Å². The van der Waals surface area contributed by atoms with Crippen molar-refractivity contribution >= 4 is 5.91 Å². The summed E-state index contributed by atoms with van der Waals surface area (Å²) in [4.78, 5) is 11.2. The van der Waals surface area contributed by atoms with Crippen molar-refractivity contribution in [2.24, 2.45) is 11.3 Å². The number of amides is 1. The zero-order valence-corrected chi connectivity index (χ0v) is 7.76. The van der Waals surface area contributed by atoms with Crippen molar-refractivity contribution in [1.82, 2.24) is 5.32 Å². The highest BCUT2D eigenvalue weighted by Crippen LogP contribution is 2.29. The number of aliphatic hydroxyl groups excluding tert-OH is 1. The van der Waals surface area contributed by atoms with E-state index in [1.165, 1.54) is 0 Å². The third-order valence-electron chi connectivity index (χ3n) is 2.12. The Balaban J connectivity index is 2.19. The molecular formula is C9H17NO2. The molecule has 1 amide bonds. The van der Waals surface area contributed by atoms with Gasteiger partial charge >= 0.3 is 0 Å². The summed E-state index contributed by atoms with van der Waals surface area (Å²) in [5.41, 5.74) is -0.190. The molecule has 1 rings (SSSR count). The molecule has 0 spiro atoms. The van der Waals surface area contributed by atoms with Crippen LogP contribution in [0.1, 0.15) is 26.7 Å². The maximum absolute atomic E-state index is 11.2. The smallest absolute Gasteiger partial charge is 0.223 e. The van der Waals surface area contributed by atoms with Crippen LogP contribution >= 0.6 is 0 Å². The average Bonchev–Trinajstić information content (AvgIpc) is 2.83. The first kappa shape index (κ1) is 9.52. The number of nitrogens with one attached hydrogen (secondary N) is 1. The van der Waals surface area contributed by atoms with E-state index in [2.05, 4.69) is 5.32 Å². The summed E-state index contributed by atoms with van der Waals surface area (Å²) in [5.74, 6) is 0.413. The molecule has 0 aromatic rings. The van der Waals surface area contributed by atoms with Gasteiger partial charge in [-0.25, -0.2) is 0 Å². The molecule has 1 fully saturated rings. The second-order valence-electron chi connectivity index (χ2n) is 4.31. The molecule has 12 heavy (non-hydrogen) atoms. The van der Waals surface area contributed by atoms with Gasteiger partial charge in [0.1, 0.15) is 0 Å². The predicted octanol–water partition coefficient (Wildman–Crippen LogP) is 0.531. The summed E-state index contributed by atoms with van der Waals surface area (Å²) in [6.07, 6.45) is 2.07. The van der Waals surface area contributed by atoms with Gasteiger partial charge < -0.3 is 10.4 Å². The van der Waals surface area contributed by atoms with Crippen LogP contribution in [0.15, 0.2) is 0 Å². The molecule has 0 aromatic heterocycles. The van der Waals surface area contributed by atoms with Crippen molar-refractivity contribution in [2.75, 3.05) is 13.2 Å². The lowest BCUT2D eigenvalue weighted by molar-refractivity contribution is -0.122. The number of aliphatic hydroxyl groups is 1. The molecule has 0 heterocycles. The van der Waals surface area contributed by atoms with Crippen molar-refractivity contribution < 1.29 is 9.90 Å². The van der Waals surface area contributed by atoms with Crippen LogP contribution in [0.2, 0.25) is 0 Å². The Morgan fingerprint density at radius 3 is 2.58 bits per heavy atom. The van der Waals surface area contributed by atoms with Gasteiger partial charge in [-0.2, -0.15) is 0 Å². The highest BCUT2D eigenvalue weighted by molar-refractivity contribution is 5.80. The van der Waals surface area contributed by atoms with Gasteiger partial charge in [0.05, 0.1) is 0 Å². The van der Waals surface area contributed by atoms with E-state index < -0.39 is 0 Å². The van der Waals surface area contributed by atoms with Crippen LogP contribution in [-0.4, -0.2) is 24.2 Å². The first-order valence-corrected chi connectivity index (χ1v) is 4.44. The van der Waals surface area contributed by atoms with Crippen LogP contribution in [0.3, 0.4) is 0 Å². The Morgan fingerprint density at radius 1 is 1.58 bits per heavy atom. The van der Waals surface area contributed by atoms with Crippen molar-refractivity contribution in [3.8, 4) is 0 Å². The molecule has 0 saturated heterocycles. The standard InChI is InChI=1S/C9H17NO2/c1-9(2,6-11)5-10-8(12)7-3-4-7/h7,11H,3-6H2,1-2H3,(H,10,12). The molecule has 70 valence electrons. The van der Waals surface area contributed by atoms with Crippen molar-refractivity contribution in [1.29, 1.82) is 0 Å². The molecule has 0 bridgehead atoms. The lowest BCUT2D eigenvalue weighted by atomic mass is 9.95. The van der Waals surface area contributed by atoms with Gasteiger partial charge in [0.25, 0.3) is 0 Å². The van der Waals surface area contributed by atoms with Gasteiger partial charge in [0.2, 0.25) is 5.91 Å². The molecule has 0 aromatic carbocycles. The van der Waals surface area contributed by atoms with E-state index in [9.17, 15) is 4.79 Å². The summed E-state index contributed by atoms with van der Waals surface area (Å²) >= 11 is 0. The van der Waals surface area contributed by atoms with E-state index in [1.54, 1.807) is 0 Å². The third kappa shape index (κ3) is 2.81. The Kier molecular flexibility index (Phi) is 2.73. The summed E-state index contributed by atoms with van der Waals surface area (Å²) in [5, 5.41) is 11.7. The summed E-state index contributed by atoms with van der Waals surface area (Å²) in [6, 6.07) is 0. The molecule has 1 saturated carbocycles. The molecule has 2 N–H and O–H groups in total. The van der Waals surface area contributed by atoms with Crippen LogP contribution in [0.5, 0.6) is 0 Å². The number of carbonyl (C=O) groups is 1. The first-order valence-electron chi connectivity index (χ1n) is 4.44. The Hall–Kier alpha value is -0.570. The zero-order chi connectivity index (χ0) is 9.19. The Bertz CT molecular complexity index is 173. The molecule has 0 radical (unpaired) electrons. The minimum Gasteiger partial charge on any atom is -0.396 e. The minimum atomic E-state index is -0.190. The van der Waals surface area contributed by atoms with Gasteiger partial charge in [0.15, 0.2) is 0 Å². The maximum Gasteiger partial charge on any atom is 0.223 e. The van der Waals surface area contributed by atoms with Crippen LogP contribution < -0.4 is 5.32 Å². The number of hydrogen-bond donors (Lipinski definition) is 2. The first-order chi connectivity index (χ1) is 5.55. The Morgan fingerprint density at radius 2 is 2.17 bits per heavy atom. The van der Waals surface area contributed by atoms with E-state index in [4.69, 9.17) is 5.11 Å². The fraction of sp³-hybridized carbons (Fsp3) is 0.889. The summed E-state index contributed by atoms with van der Waals surface area (Å²) < 4.78 is 0. The molecule has 3 heteroatoms. The minimum absolute atomic E-state index is 0.109. The number of hydrogen-bond acceptors (Lipinski definition) is 2. The zero-order valence-electron chi connectivity index (χ0n) is 7.76. The molecule has 1 aliphatic carbocycles. The average molecular weight is 171 g/mol. The summed E-state index contributed by atoms with van der Waals surface area (Å²) in [6.45, 7) is 4.54. The largest absolute Gasteiger partial charge is 0.396 e. The lowest BCUT2D eigenvalue weighted by Crippen LogP contribution is -2.36. The molecule has 1 aliphatic rings.